The van der Waals surface area contributed by atoms with E-state index in [1.165, 1.54) is 0 Å². The highest BCUT2D eigenvalue weighted by Gasteiger charge is 2.12. The number of carboxylic acids is 1. The Labute approximate surface area is 93.9 Å². The summed E-state index contributed by atoms with van der Waals surface area (Å²) >= 11 is 0. The number of hydrogen-bond acceptors (Lipinski definition) is 4. The van der Waals surface area contributed by atoms with Gasteiger partial charge in [0.2, 0.25) is 0 Å². The number of hydrogen-bond donors (Lipinski definition) is 4. The van der Waals surface area contributed by atoms with Gasteiger partial charge in [-0.3, -0.25) is 0 Å². The summed E-state index contributed by atoms with van der Waals surface area (Å²) in [7, 11) is 0. The van der Waals surface area contributed by atoms with E-state index in [4.69, 9.17) is 15.9 Å². The summed E-state index contributed by atoms with van der Waals surface area (Å²) in [6.45, 7) is 2.30. The van der Waals surface area contributed by atoms with Gasteiger partial charge in [-0.25, -0.2) is 4.79 Å². The van der Waals surface area contributed by atoms with Gasteiger partial charge in [0, 0.05) is 13.0 Å². The van der Waals surface area contributed by atoms with Crippen molar-refractivity contribution in [3.63, 3.8) is 0 Å². The summed E-state index contributed by atoms with van der Waals surface area (Å²) in [6, 6.07) is 5.56. The molecule has 0 spiro atoms. The van der Waals surface area contributed by atoms with E-state index in [1.807, 2.05) is 19.1 Å². The Morgan fingerprint density at radius 2 is 2.25 bits per heavy atom. The van der Waals surface area contributed by atoms with Gasteiger partial charge in [-0.05, 0) is 24.6 Å². The zero-order valence-corrected chi connectivity index (χ0v) is 9.10. The number of anilines is 2. The summed E-state index contributed by atoms with van der Waals surface area (Å²) in [5, 5.41) is 20.5. The van der Waals surface area contributed by atoms with Crippen LogP contribution >= 0.6 is 0 Å². The van der Waals surface area contributed by atoms with Gasteiger partial charge in [0.1, 0.15) is 0 Å². The second-order valence-corrected chi connectivity index (χ2v) is 3.66. The van der Waals surface area contributed by atoms with Crippen LogP contribution in [0.1, 0.15) is 12.0 Å². The minimum absolute atomic E-state index is 0.142. The topological polar surface area (TPSA) is 95.6 Å². The first-order valence-electron chi connectivity index (χ1n) is 5.01. The Balaban J connectivity index is 2.48. The first kappa shape index (κ1) is 12.3. The summed E-state index contributed by atoms with van der Waals surface area (Å²) in [5.74, 6) is -1.21. The molecule has 1 aromatic rings. The number of rotatable bonds is 5. The third-order valence-electron chi connectivity index (χ3n) is 2.23. The molecule has 0 aliphatic rings. The van der Waals surface area contributed by atoms with Crippen LogP contribution in [-0.4, -0.2) is 28.8 Å². The molecule has 1 aromatic carbocycles. The number of carbonyl (C=O) groups is 1. The van der Waals surface area contributed by atoms with Crippen LogP contribution in [0.2, 0.25) is 0 Å². The lowest BCUT2D eigenvalue weighted by molar-refractivity contribution is -0.146. The Morgan fingerprint density at radius 3 is 2.88 bits per heavy atom. The van der Waals surface area contributed by atoms with Crippen molar-refractivity contribution in [2.24, 2.45) is 0 Å². The number of aliphatic hydroxyl groups excluding tert-OH is 1. The minimum Gasteiger partial charge on any atom is -0.479 e. The van der Waals surface area contributed by atoms with E-state index < -0.39 is 12.1 Å². The van der Waals surface area contributed by atoms with Gasteiger partial charge in [0.05, 0.1) is 11.4 Å². The molecule has 0 aliphatic heterocycles. The van der Waals surface area contributed by atoms with Crippen LogP contribution in [0.4, 0.5) is 11.4 Å². The van der Waals surface area contributed by atoms with Crippen LogP contribution in [0.15, 0.2) is 18.2 Å². The number of nitrogens with one attached hydrogen (secondary N) is 1. The highest BCUT2D eigenvalue weighted by molar-refractivity contribution is 5.72. The molecule has 0 aliphatic carbocycles. The molecular formula is C11H16N2O3. The van der Waals surface area contributed by atoms with E-state index in [1.54, 1.807) is 6.07 Å². The van der Waals surface area contributed by atoms with E-state index in [0.717, 1.165) is 11.3 Å². The van der Waals surface area contributed by atoms with Gasteiger partial charge in [-0.15, -0.1) is 0 Å². The summed E-state index contributed by atoms with van der Waals surface area (Å²) in [5.41, 5.74) is 8.16. The molecule has 0 unspecified atom stereocenters. The van der Waals surface area contributed by atoms with Crippen LogP contribution in [-0.2, 0) is 4.79 Å². The highest BCUT2D eigenvalue weighted by atomic mass is 16.4. The largest absolute Gasteiger partial charge is 0.479 e. The van der Waals surface area contributed by atoms with Crippen LogP contribution < -0.4 is 11.1 Å². The van der Waals surface area contributed by atoms with E-state index in [0.29, 0.717) is 12.2 Å². The van der Waals surface area contributed by atoms with Crippen molar-refractivity contribution >= 4 is 17.3 Å². The number of aliphatic carboxylic acids is 1. The second-order valence-electron chi connectivity index (χ2n) is 3.66. The molecule has 0 amide bonds. The predicted octanol–water partition coefficient (Wildman–Crippen LogP) is 0.825. The monoisotopic (exact) mass is 224 g/mol. The Bertz CT molecular complexity index is 379. The van der Waals surface area contributed by atoms with E-state index in [2.05, 4.69) is 5.32 Å². The maximum absolute atomic E-state index is 10.4. The van der Waals surface area contributed by atoms with E-state index in [-0.39, 0.29) is 6.42 Å². The minimum atomic E-state index is -1.33. The van der Waals surface area contributed by atoms with Crippen molar-refractivity contribution in [3.8, 4) is 0 Å². The molecular weight excluding hydrogens is 208 g/mol. The van der Waals surface area contributed by atoms with Gasteiger partial charge in [0.15, 0.2) is 6.10 Å². The fourth-order valence-electron chi connectivity index (χ4n) is 1.29. The van der Waals surface area contributed by atoms with Crippen molar-refractivity contribution in [1.82, 2.24) is 0 Å². The number of nitrogen functional groups attached to an aromatic ring is 1. The molecule has 0 aromatic heterocycles. The highest BCUT2D eigenvalue weighted by Crippen LogP contribution is 2.19. The van der Waals surface area contributed by atoms with Crippen molar-refractivity contribution in [3.05, 3.63) is 23.8 Å². The second kappa shape index (κ2) is 5.37. The zero-order chi connectivity index (χ0) is 12.1. The molecule has 0 bridgehead atoms. The average molecular weight is 224 g/mol. The maximum Gasteiger partial charge on any atom is 0.332 e. The fourth-order valence-corrected chi connectivity index (χ4v) is 1.29. The zero-order valence-electron chi connectivity index (χ0n) is 9.10. The lowest BCUT2D eigenvalue weighted by atomic mass is 10.2. The van der Waals surface area contributed by atoms with Crippen LogP contribution in [0.5, 0.6) is 0 Å². The van der Waals surface area contributed by atoms with Crippen molar-refractivity contribution < 1.29 is 15.0 Å². The maximum atomic E-state index is 10.4. The Hall–Kier alpha value is -1.75. The van der Waals surface area contributed by atoms with Crippen molar-refractivity contribution in [1.29, 1.82) is 0 Å². The molecule has 0 saturated heterocycles. The molecule has 1 atom stereocenters. The normalized spacial score (nSPS) is 12.1. The van der Waals surface area contributed by atoms with Crippen LogP contribution in [0.3, 0.4) is 0 Å². The van der Waals surface area contributed by atoms with Crippen LogP contribution in [0, 0.1) is 6.92 Å². The van der Waals surface area contributed by atoms with E-state index >= 15 is 0 Å². The number of aryl methyl sites for hydroxylation is 1. The van der Waals surface area contributed by atoms with Gasteiger partial charge in [-0.1, -0.05) is 6.07 Å². The molecule has 0 heterocycles. The van der Waals surface area contributed by atoms with E-state index in [9.17, 15) is 4.79 Å². The molecule has 0 fully saturated rings. The summed E-state index contributed by atoms with van der Waals surface area (Å²) < 4.78 is 0. The molecule has 5 N–H and O–H groups in total. The molecule has 5 nitrogen and oxygen atoms in total. The Morgan fingerprint density at radius 1 is 1.56 bits per heavy atom. The van der Waals surface area contributed by atoms with Crippen LogP contribution in [0.25, 0.3) is 0 Å². The lowest BCUT2D eigenvalue weighted by Crippen LogP contribution is -2.22. The smallest absolute Gasteiger partial charge is 0.332 e. The predicted molar refractivity (Wildman–Crippen MR) is 62.3 cm³/mol. The molecule has 5 heteroatoms. The van der Waals surface area contributed by atoms with Crippen molar-refractivity contribution in [2.75, 3.05) is 17.6 Å². The molecule has 0 radical (unpaired) electrons. The molecule has 0 saturated carbocycles. The number of nitrogens with two attached hydrogens (primary N) is 1. The van der Waals surface area contributed by atoms with Gasteiger partial charge in [-0.2, -0.15) is 0 Å². The summed E-state index contributed by atoms with van der Waals surface area (Å²) in [6.07, 6.45) is -1.19. The number of carboxylic acid groups (broad SMARTS) is 1. The number of benzene rings is 1. The van der Waals surface area contributed by atoms with Gasteiger partial charge < -0.3 is 21.3 Å². The fraction of sp³-hybridized carbons (Fsp3) is 0.364. The first-order valence-corrected chi connectivity index (χ1v) is 5.01. The average Bonchev–Trinajstić information content (AvgIpc) is 2.22. The quantitative estimate of drug-likeness (QED) is 0.555. The van der Waals surface area contributed by atoms with Gasteiger partial charge >= 0.3 is 5.97 Å². The van der Waals surface area contributed by atoms with Gasteiger partial charge in [0.25, 0.3) is 0 Å². The SMILES string of the molecule is Cc1ccc(N)c(NCC[C@H](O)C(=O)O)c1. The molecule has 1 rings (SSSR count). The number of aliphatic hydroxyl groups is 1. The summed E-state index contributed by atoms with van der Waals surface area (Å²) in [4.78, 5) is 10.4. The standard InChI is InChI=1S/C11H16N2O3/c1-7-2-3-8(12)9(6-7)13-5-4-10(14)11(15)16/h2-3,6,10,13-14H,4-5,12H2,1H3,(H,15,16)/t10-/m0/s1. The third kappa shape index (κ3) is 3.43. The molecule has 88 valence electrons. The molecule has 16 heavy (non-hydrogen) atoms. The third-order valence-corrected chi connectivity index (χ3v) is 2.23. The lowest BCUT2D eigenvalue weighted by Gasteiger charge is -2.11. The van der Waals surface area contributed by atoms with Crippen molar-refractivity contribution in [2.45, 2.75) is 19.4 Å². The first-order chi connectivity index (χ1) is 7.50. The Kier molecular flexibility index (Phi) is 4.13.